The number of hydrogen-bond acceptors (Lipinski definition) is 3. The van der Waals surface area contributed by atoms with Gasteiger partial charge in [0, 0.05) is 47.8 Å². The zero-order valence-electron chi connectivity index (χ0n) is 17.1. The summed E-state index contributed by atoms with van der Waals surface area (Å²) in [4.78, 5) is 29.3. The van der Waals surface area contributed by atoms with Gasteiger partial charge in [-0.15, -0.1) is 0 Å². The van der Waals surface area contributed by atoms with E-state index in [2.05, 4.69) is 5.32 Å². The third kappa shape index (κ3) is 4.00. The van der Waals surface area contributed by atoms with E-state index in [1.54, 1.807) is 34.1 Å². The molecule has 0 spiro atoms. The molecule has 0 aliphatic carbocycles. The fourth-order valence-electron chi connectivity index (χ4n) is 3.82. The molecule has 2 aromatic carbocycles. The van der Waals surface area contributed by atoms with Crippen molar-refractivity contribution in [2.75, 3.05) is 31.5 Å². The third-order valence-corrected chi connectivity index (χ3v) is 5.74. The van der Waals surface area contributed by atoms with Gasteiger partial charge < -0.3 is 19.5 Å². The third-order valence-electron chi connectivity index (χ3n) is 5.50. The largest absolute Gasteiger partial charge is 0.450 e. The SMILES string of the molecule is Cc1c(C(=O)N2CCCN(C(=O)Nc3cccc(Cl)c3)CC2)oc2c(C)cccc12. The summed E-state index contributed by atoms with van der Waals surface area (Å²) in [7, 11) is 0. The Balaban J connectivity index is 1.45. The second-order valence-corrected chi connectivity index (χ2v) is 8.02. The topological polar surface area (TPSA) is 65.8 Å². The molecule has 1 aliphatic heterocycles. The number of aryl methyl sites for hydroxylation is 2. The van der Waals surface area contributed by atoms with Crippen molar-refractivity contribution in [2.45, 2.75) is 20.3 Å². The summed E-state index contributed by atoms with van der Waals surface area (Å²) in [5.41, 5.74) is 3.28. The Morgan fingerprint density at radius 3 is 2.50 bits per heavy atom. The van der Waals surface area contributed by atoms with E-state index in [1.165, 1.54) is 0 Å². The Kier molecular flexibility index (Phi) is 5.68. The first-order valence-electron chi connectivity index (χ1n) is 10.0. The molecule has 1 aromatic heterocycles. The predicted octanol–water partition coefficient (Wildman–Crippen LogP) is 5.08. The molecule has 30 heavy (non-hydrogen) atoms. The predicted molar refractivity (Wildman–Crippen MR) is 118 cm³/mol. The van der Waals surface area contributed by atoms with Gasteiger partial charge in [-0.05, 0) is 44.0 Å². The number of rotatable bonds is 2. The van der Waals surface area contributed by atoms with Crippen molar-refractivity contribution >= 4 is 40.2 Å². The van der Waals surface area contributed by atoms with Crippen LogP contribution in [0.15, 0.2) is 46.9 Å². The van der Waals surface area contributed by atoms with Crippen LogP contribution in [0.25, 0.3) is 11.0 Å². The van der Waals surface area contributed by atoms with Crippen LogP contribution < -0.4 is 5.32 Å². The smallest absolute Gasteiger partial charge is 0.321 e. The van der Waals surface area contributed by atoms with Crippen molar-refractivity contribution in [1.82, 2.24) is 9.80 Å². The van der Waals surface area contributed by atoms with Gasteiger partial charge in [-0.1, -0.05) is 35.9 Å². The highest BCUT2D eigenvalue weighted by atomic mass is 35.5. The number of halogens is 1. The van der Waals surface area contributed by atoms with E-state index in [9.17, 15) is 9.59 Å². The lowest BCUT2D eigenvalue weighted by Gasteiger charge is -2.22. The van der Waals surface area contributed by atoms with E-state index in [4.69, 9.17) is 16.0 Å². The number of hydrogen-bond donors (Lipinski definition) is 1. The first kappa shape index (κ1) is 20.3. The summed E-state index contributed by atoms with van der Waals surface area (Å²) in [6.07, 6.45) is 0.701. The molecule has 0 atom stereocenters. The lowest BCUT2D eigenvalue weighted by Crippen LogP contribution is -2.39. The van der Waals surface area contributed by atoms with E-state index in [1.807, 2.05) is 32.0 Å². The molecule has 1 fully saturated rings. The molecule has 1 aliphatic rings. The molecule has 6 nitrogen and oxygen atoms in total. The molecular weight excluding hydrogens is 402 g/mol. The van der Waals surface area contributed by atoms with Crippen LogP contribution in [0.5, 0.6) is 0 Å². The summed E-state index contributed by atoms with van der Waals surface area (Å²) < 4.78 is 5.95. The first-order valence-corrected chi connectivity index (χ1v) is 10.4. The number of anilines is 1. The summed E-state index contributed by atoms with van der Waals surface area (Å²) in [6.45, 7) is 5.96. The number of amides is 3. The Morgan fingerprint density at radius 2 is 1.73 bits per heavy atom. The van der Waals surface area contributed by atoms with Crippen molar-refractivity contribution in [3.05, 3.63) is 64.4 Å². The molecule has 4 rings (SSSR count). The molecule has 0 saturated carbocycles. The van der Waals surface area contributed by atoms with Crippen molar-refractivity contribution in [1.29, 1.82) is 0 Å². The molecule has 0 bridgehead atoms. The molecule has 156 valence electrons. The maximum atomic E-state index is 13.2. The van der Waals surface area contributed by atoms with Gasteiger partial charge in [0.2, 0.25) is 0 Å². The second kappa shape index (κ2) is 8.40. The minimum absolute atomic E-state index is 0.125. The van der Waals surface area contributed by atoms with Gasteiger partial charge in [-0.3, -0.25) is 4.79 Å². The number of nitrogens with zero attached hydrogens (tertiary/aromatic N) is 2. The number of furan rings is 1. The van der Waals surface area contributed by atoms with Gasteiger partial charge in [-0.25, -0.2) is 4.79 Å². The first-order chi connectivity index (χ1) is 14.4. The number of fused-ring (bicyclic) bond motifs is 1. The van der Waals surface area contributed by atoms with E-state index in [0.29, 0.717) is 49.1 Å². The van der Waals surface area contributed by atoms with Crippen LogP contribution in [0.2, 0.25) is 5.02 Å². The second-order valence-electron chi connectivity index (χ2n) is 7.58. The van der Waals surface area contributed by atoms with E-state index >= 15 is 0 Å². The standard InChI is InChI=1S/C23H24ClN3O3/c1-15-6-3-9-19-16(2)21(30-20(15)19)22(28)26-10-5-11-27(13-12-26)23(29)25-18-8-4-7-17(24)14-18/h3-4,6-9,14H,5,10-13H2,1-2H3,(H,25,29). The number of carbonyl (C=O) groups excluding carboxylic acids is 2. The Hall–Kier alpha value is -2.99. The zero-order valence-corrected chi connectivity index (χ0v) is 17.8. The van der Waals surface area contributed by atoms with Gasteiger partial charge in [0.15, 0.2) is 5.76 Å². The lowest BCUT2D eigenvalue weighted by molar-refractivity contribution is 0.0732. The van der Waals surface area contributed by atoms with Crippen LogP contribution in [0.3, 0.4) is 0 Å². The van der Waals surface area contributed by atoms with Crippen molar-refractivity contribution < 1.29 is 14.0 Å². The van der Waals surface area contributed by atoms with Crippen LogP contribution in [-0.2, 0) is 0 Å². The number of urea groups is 1. The average Bonchev–Trinajstić information content (AvgIpc) is 2.90. The number of para-hydroxylation sites is 1. The van der Waals surface area contributed by atoms with Crippen LogP contribution >= 0.6 is 11.6 Å². The average molecular weight is 426 g/mol. The monoisotopic (exact) mass is 425 g/mol. The highest BCUT2D eigenvalue weighted by Crippen LogP contribution is 2.28. The van der Waals surface area contributed by atoms with Crippen LogP contribution in [-0.4, -0.2) is 47.9 Å². The number of carbonyl (C=O) groups is 2. The van der Waals surface area contributed by atoms with Gasteiger partial charge in [0.1, 0.15) is 5.58 Å². The van der Waals surface area contributed by atoms with Gasteiger partial charge in [0.25, 0.3) is 5.91 Å². The summed E-state index contributed by atoms with van der Waals surface area (Å²) in [5, 5.41) is 4.40. The summed E-state index contributed by atoms with van der Waals surface area (Å²) >= 11 is 5.99. The van der Waals surface area contributed by atoms with Crippen molar-refractivity contribution in [2.24, 2.45) is 0 Å². The minimum atomic E-state index is -0.192. The zero-order chi connectivity index (χ0) is 21.3. The van der Waals surface area contributed by atoms with Crippen LogP contribution in [0.1, 0.15) is 28.1 Å². The van der Waals surface area contributed by atoms with E-state index in [-0.39, 0.29) is 11.9 Å². The highest BCUT2D eigenvalue weighted by Gasteiger charge is 2.27. The molecule has 3 amide bonds. The maximum absolute atomic E-state index is 13.2. The number of nitrogens with one attached hydrogen (secondary N) is 1. The molecule has 3 aromatic rings. The van der Waals surface area contributed by atoms with E-state index in [0.717, 1.165) is 22.1 Å². The van der Waals surface area contributed by atoms with Gasteiger partial charge in [-0.2, -0.15) is 0 Å². The minimum Gasteiger partial charge on any atom is -0.450 e. The van der Waals surface area contributed by atoms with Gasteiger partial charge >= 0.3 is 6.03 Å². The van der Waals surface area contributed by atoms with Gasteiger partial charge in [0.05, 0.1) is 0 Å². The molecule has 1 saturated heterocycles. The Bertz CT molecular complexity index is 1110. The Morgan fingerprint density at radius 1 is 1.00 bits per heavy atom. The maximum Gasteiger partial charge on any atom is 0.321 e. The van der Waals surface area contributed by atoms with Crippen molar-refractivity contribution in [3.8, 4) is 0 Å². The molecule has 0 radical (unpaired) electrons. The summed E-state index contributed by atoms with van der Waals surface area (Å²) in [5.74, 6) is 0.260. The normalized spacial score (nSPS) is 14.6. The molecular formula is C23H24ClN3O3. The Labute approximate surface area is 180 Å². The fraction of sp³-hybridized carbons (Fsp3) is 0.304. The lowest BCUT2D eigenvalue weighted by atomic mass is 10.1. The molecule has 7 heteroatoms. The quantitative estimate of drug-likeness (QED) is 0.622. The van der Waals surface area contributed by atoms with E-state index < -0.39 is 0 Å². The molecule has 0 unspecified atom stereocenters. The number of benzene rings is 2. The summed E-state index contributed by atoms with van der Waals surface area (Å²) in [6, 6.07) is 12.8. The highest BCUT2D eigenvalue weighted by molar-refractivity contribution is 6.30. The van der Waals surface area contributed by atoms with Crippen LogP contribution in [0.4, 0.5) is 10.5 Å². The van der Waals surface area contributed by atoms with Crippen molar-refractivity contribution in [3.63, 3.8) is 0 Å². The fourth-order valence-corrected chi connectivity index (χ4v) is 4.01. The molecule has 2 heterocycles. The van der Waals surface area contributed by atoms with Crippen LogP contribution in [0, 0.1) is 13.8 Å². The molecule has 1 N–H and O–H groups in total.